The standard InChI is InChI=1S/C20H24FN3O3S/c1-15-10-16(2)12-19(11-15)22-20(25)14-24-9-3-8-23(28(24,26)27)13-17-4-6-18(21)7-5-17/h4-7,10-12H,3,8-9,13-14H2,1-2H3,(H,22,25). The van der Waals surface area contributed by atoms with Crippen LogP contribution >= 0.6 is 0 Å². The highest BCUT2D eigenvalue weighted by Gasteiger charge is 2.34. The largest absolute Gasteiger partial charge is 0.325 e. The highest BCUT2D eigenvalue weighted by atomic mass is 32.2. The summed E-state index contributed by atoms with van der Waals surface area (Å²) in [5.74, 6) is -0.743. The van der Waals surface area contributed by atoms with E-state index in [-0.39, 0.29) is 24.8 Å². The fourth-order valence-electron chi connectivity index (χ4n) is 3.34. The second kappa shape index (κ2) is 8.38. The second-order valence-corrected chi connectivity index (χ2v) is 9.01. The number of hydrogen-bond acceptors (Lipinski definition) is 3. The van der Waals surface area contributed by atoms with Crippen LogP contribution in [0.3, 0.4) is 0 Å². The number of hydrogen-bond donors (Lipinski definition) is 1. The van der Waals surface area contributed by atoms with Crippen molar-refractivity contribution in [2.24, 2.45) is 0 Å². The zero-order valence-corrected chi connectivity index (χ0v) is 16.8. The van der Waals surface area contributed by atoms with Gasteiger partial charge in [0.2, 0.25) is 5.91 Å². The van der Waals surface area contributed by atoms with E-state index in [0.717, 1.165) is 11.1 Å². The normalized spacial score (nSPS) is 17.4. The molecule has 0 aliphatic carbocycles. The zero-order chi connectivity index (χ0) is 20.3. The number of carbonyl (C=O) groups excluding carboxylic acids is 1. The molecule has 3 rings (SSSR count). The highest BCUT2D eigenvalue weighted by molar-refractivity contribution is 7.86. The van der Waals surface area contributed by atoms with E-state index in [2.05, 4.69) is 5.32 Å². The fraction of sp³-hybridized carbons (Fsp3) is 0.350. The molecular weight excluding hydrogens is 381 g/mol. The van der Waals surface area contributed by atoms with Crippen molar-refractivity contribution in [2.45, 2.75) is 26.8 Å². The predicted octanol–water partition coefficient (Wildman–Crippen LogP) is 2.83. The van der Waals surface area contributed by atoms with Crippen LogP contribution in [0.1, 0.15) is 23.1 Å². The first-order valence-electron chi connectivity index (χ1n) is 9.12. The Labute approximate surface area is 165 Å². The lowest BCUT2D eigenvalue weighted by atomic mass is 10.1. The average Bonchev–Trinajstić information content (AvgIpc) is 2.59. The predicted molar refractivity (Wildman–Crippen MR) is 106 cm³/mol. The lowest BCUT2D eigenvalue weighted by molar-refractivity contribution is -0.116. The van der Waals surface area contributed by atoms with Gasteiger partial charge in [-0.15, -0.1) is 0 Å². The van der Waals surface area contributed by atoms with Crippen LogP contribution in [0.15, 0.2) is 42.5 Å². The third-order valence-electron chi connectivity index (χ3n) is 4.57. The van der Waals surface area contributed by atoms with E-state index in [9.17, 15) is 17.6 Å². The van der Waals surface area contributed by atoms with Crippen molar-refractivity contribution >= 4 is 21.8 Å². The summed E-state index contributed by atoms with van der Waals surface area (Å²) in [5, 5.41) is 2.77. The van der Waals surface area contributed by atoms with Crippen LogP contribution in [0.25, 0.3) is 0 Å². The lowest BCUT2D eigenvalue weighted by Gasteiger charge is -2.34. The van der Waals surface area contributed by atoms with Gasteiger partial charge >= 0.3 is 0 Å². The first-order valence-corrected chi connectivity index (χ1v) is 10.5. The zero-order valence-electron chi connectivity index (χ0n) is 16.0. The topological polar surface area (TPSA) is 69.7 Å². The van der Waals surface area contributed by atoms with E-state index >= 15 is 0 Å². The van der Waals surface area contributed by atoms with Crippen molar-refractivity contribution < 1.29 is 17.6 Å². The molecular formula is C20H24FN3O3S. The molecule has 1 saturated heterocycles. The molecule has 28 heavy (non-hydrogen) atoms. The summed E-state index contributed by atoms with van der Waals surface area (Å²) in [6.07, 6.45) is 0.622. The van der Waals surface area contributed by atoms with Crippen LogP contribution in [0.2, 0.25) is 0 Å². The number of nitrogens with zero attached hydrogens (tertiary/aromatic N) is 2. The Hall–Kier alpha value is -2.29. The molecule has 1 fully saturated rings. The summed E-state index contributed by atoms with van der Waals surface area (Å²) in [5.41, 5.74) is 3.39. The molecule has 1 aliphatic heterocycles. The van der Waals surface area contributed by atoms with E-state index in [1.165, 1.54) is 20.7 Å². The monoisotopic (exact) mass is 405 g/mol. The van der Waals surface area contributed by atoms with E-state index < -0.39 is 10.2 Å². The molecule has 1 amide bonds. The van der Waals surface area contributed by atoms with Crippen molar-refractivity contribution in [1.82, 2.24) is 8.61 Å². The van der Waals surface area contributed by atoms with Gasteiger partial charge in [0.1, 0.15) is 5.82 Å². The molecule has 150 valence electrons. The minimum Gasteiger partial charge on any atom is -0.325 e. The van der Waals surface area contributed by atoms with Gasteiger partial charge in [0.15, 0.2) is 0 Å². The van der Waals surface area contributed by atoms with Gasteiger partial charge < -0.3 is 5.32 Å². The molecule has 6 nitrogen and oxygen atoms in total. The average molecular weight is 405 g/mol. The number of carbonyl (C=O) groups is 1. The molecule has 0 radical (unpaired) electrons. The smallest absolute Gasteiger partial charge is 0.282 e. The van der Waals surface area contributed by atoms with Crippen LogP contribution in [0.4, 0.5) is 10.1 Å². The summed E-state index contributed by atoms with van der Waals surface area (Å²) >= 11 is 0. The van der Waals surface area contributed by atoms with Gasteiger partial charge in [-0.3, -0.25) is 4.79 Å². The highest BCUT2D eigenvalue weighted by Crippen LogP contribution is 2.20. The molecule has 2 aromatic carbocycles. The number of amides is 1. The quantitative estimate of drug-likeness (QED) is 0.832. The van der Waals surface area contributed by atoms with Crippen LogP contribution in [-0.2, 0) is 21.5 Å². The maximum Gasteiger partial charge on any atom is 0.282 e. The SMILES string of the molecule is Cc1cc(C)cc(NC(=O)CN2CCCN(Cc3ccc(F)cc3)S2(=O)=O)c1. The summed E-state index contributed by atoms with van der Waals surface area (Å²) < 4.78 is 41.3. The first kappa shape index (κ1) is 20.4. The van der Waals surface area contributed by atoms with Crippen molar-refractivity contribution in [3.63, 3.8) is 0 Å². The summed E-state index contributed by atoms with van der Waals surface area (Å²) in [6, 6.07) is 11.4. The molecule has 1 N–H and O–H groups in total. The number of aryl methyl sites for hydroxylation is 2. The van der Waals surface area contributed by atoms with Crippen molar-refractivity contribution in [1.29, 1.82) is 0 Å². The number of nitrogens with one attached hydrogen (secondary N) is 1. The number of benzene rings is 2. The van der Waals surface area contributed by atoms with E-state index in [4.69, 9.17) is 0 Å². The first-order chi connectivity index (χ1) is 13.2. The molecule has 1 heterocycles. The lowest BCUT2D eigenvalue weighted by Crippen LogP contribution is -2.51. The van der Waals surface area contributed by atoms with Gasteiger partial charge in [0, 0.05) is 25.3 Å². The van der Waals surface area contributed by atoms with Crippen molar-refractivity contribution in [3.8, 4) is 0 Å². The van der Waals surface area contributed by atoms with Crippen LogP contribution in [0.5, 0.6) is 0 Å². The third kappa shape index (κ3) is 4.95. The Bertz CT molecular complexity index is 941. The molecule has 0 bridgehead atoms. The van der Waals surface area contributed by atoms with Gasteiger partial charge in [0.05, 0.1) is 6.54 Å². The molecule has 8 heteroatoms. The molecule has 0 atom stereocenters. The van der Waals surface area contributed by atoms with Crippen LogP contribution < -0.4 is 5.32 Å². The van der Waals surface area contributed by atoms with Crippen molar-refractivity contribution in [3.05, 3.63) is 65.0 Å². The van der Waals surface area contributed by atoms with Gasteiger partial charge in [-0.05, 0) is 61.2 Å². The van der Waals surface area contributed by atoms with E-state index in [0.29, 0.717) is 30.8 Å². The minimum absolute atomic E-state index is 0.151. The summed E-state index contributed by atoms with van der Waals surface area (Å²) in [4.78, 5) is 12.4. The summed E-state index contributed by atoms with van der Waals surface area (Å²) in [6.45, 7) is 4.45. The number of halogens is 1. The molecule has 2 aromatic rings. The Balaban J connectivity index is 1.67. The van der Waals surface area contributed by atoms with Gasteiger partial charge in [-0.1, -0.05) is 18.2 Å². The molecule has 0 spiro atoms. The van der Waals surface area contributed by atoms with Crippen LogP contribution in [-0.4, -0.2) is 42.6 Å². The fourth-order valence-corrected chi connectivity index (χ4v) is 4.98. The maximum absolute atomic E-state index is 13.1. The minimum atomic E-state index is -3.76. The molecule has 0 saturated carbocycles. The molecule has 0 unspecified atom stereocenters. The number of rotatable bonds is 5. The van der Waals surface area contributed by atoms with Gasteiger partial charge in [-0.25, -0.2) is 4.39 Å². The Morgan fingerprint density at radius 1 is 1.04 bits per heavy atom. The summed E-state index contributed by atoms with van der Waals surface area (Å²) in [7, 11) is -3.76. The molecule has 1 aliphatic rings. The maximum atomic E-state index is 13.1. The second-order valence-electron chi connectivity index (χ2n) is 7.08. The van der Waals surface area contributed by atoms with Gasteiger partial charge in [-0.2, -0.15) is 17.0 Å². The van der Waals surface area contributed by atoms with Gasteiger partial charge in [0.25, 0.3) is 10.2 Å². The van der Waals surface area contributed by atoms with E-state index in [1.54, 1.807) is 12.1 Å². The third-order valence-corrected chi connectivity index (χ3v) is 6.49. The van der Waals surface area contributed by atoms with Crippen LogP contribution in [0, 0.1) is 19.7 Å². The Kier molecular flexibility index (Phi) is 6.12. The number of anilines is 1. The molecule has 0 aromatic heterocycles. The van der Waals surface area contributed by atoms with Crippen molar-refractivity contribution in [2.75, 3.05) is 25.0 Å². The Morgan fingerprint density at radius 3 is 2.29 bits per heavy atom. The van der Waals surface area contributed by atoms with E-state index in [1.807, 2.05) is 32.0 Å². The Morgan fingerprint density at radius 2 is 1.64 bits per heavy atom.